The van der Waals surface area contributed by atoms with E-state index in [1.165, 1.54) is 16.7 Å². The van der Waals surface area contributed by atoms with Gasteiger partial charge >= 0.3 is 0 Å². The molecule has 0 unspecified atom stereocenters. The van der Waals surface area contributed by atoms with Gasteiger partial charge in [-0.25, -0.2) is 0 Å². The summed E-state index contributed by atoms with van der Waals surface area (Å²) in [6.45, 7) is 13.6. The van der Waals surface area contributed by atoms with Crippen LogP contribution in [0, 0.1) is 0 Å². The second kappa shape index (κ2) is 20.3. The standard InChI is InChI=1S/C79H60Cl2N2O.CH4/c1-77(2,3)53-29-39-59(40-30-53)82(57-35-25-51(26-36-57)49-17-9-7-10-18-49)70-47-68-73(64-22-14-13-21-63(64)70)75-69(79(68)66-45-55(80)33-43-61(66)62-44-34-56(81)46-67(62)79)48-71(74-65-23-15-16-24-72(65)84-76(74)75)83(60-41-31-54(32-42-60)78(4,5)6)58-37-27-52(28-38-58)50-19-11-8-12-20-50;/h7-48H,1-6H3;1H4. The lowest BCUT2D eigenvalue weighted by Crippen LogP contribution is -2.27. The van der Waals surface area contributed by atoms with Crippen LogP contribution in [0.15, 0.2) is 259 Å². The van der Waals surface area contributed by atoms with Crippen molar-refractivity contribution in [1.82, 2.24) is 0 Å². The van der Waals surface area contributed by atoms with Gasteiger partial charge in [0.25, 0.3) is 0 Å². The van der Waals surface area contributed by atoms with Crippen molar-refractivity contribution < 1.29 is 4.42 Å². The SMILES string of the molecule is C.CC(C)(C)c1ccc(N(c2ccc(-c3ccccc3)cc2)c2cc3c(c4ccccc24)-c2c(cc(N(c4ccc(-c5ccccc5)cc4)c4ccc(C(C)(C)C)cc4)c4c2oc2ccccc24)C32c3cc(Cl)ccc3-c3ccc(Cl)cc32)cc1. The number of hydrogen-bond donors (Lipinski definition) is 0. The fourth-order valence-corrected chi connectivity index (χ4v) is 14.0. The van der Waals surface area contributed by atoms with Gasteiger partial charge in [-0.3, -0.25) is 0 Å². The van der Waals surface area contributed by atoms with E-state index in [1.807, 2.05) is 12.1 Å². The molecule has 1 heterocycles. The highest BCUT2D eigenvalue weighted by Crippen LogP contribution is 2.68. The number of furan rings is 1. The van der Waals surface area contributed by atoms with E-state index in [1.54, 1.807) is 0 Å². The highest BCUT2D eigenvalue weighted by atomic mass is 35.5. The molecule has 0 atom stereocenters. The maximum atomic E-state index is 7.54. The maximum Gasteiger partial charge on any atom is 0.145 e. The Kier molecular flexibility index (Phi) is 12.9. The molecule has 0 bridgehead atoms. The predicted octanol–water partition coefficient (Wildman–Crippen LogP) is 23.9. The molecule has 0 radical (unpaired) electrons. The third kappa shape index (κ3) is 8.61. The zero-order chi connectivity index (χ0) is 57.2. The maximum absolute atomic E-state index is 7.54. The van der Waals surface area contributed by atoms with Crippen molar-refractivity contribution in [3.05, 3.63) is 298 Å². The number of para-hydroxylation sites is 1. The number of rotatable bonds is 8. The molecule has 12 aromatic carbocycles. The summed E-state index contributed by atoms with van der Waals surface area (Å²) < 4.78 is 7.54. The zero-order valence-electron chi connectivity index (χ0n) is 47.8. The summed E-state index contributed by atoms with van der Waals surface area (Å²) in [6, 6.07) is 92.9. The lowest BCUT2D eigenvalue weighted by Gasteiger charge is -2.34. The van der Waals surface area contributed by atoms with Crippen molar-refractivity contribution in [1.29, 1.82) is 0 Å². The minimum atomic E-state index is -0.955. The van der Waals surface area contributed by atoms with E-state index in [9.17, 15) is 0 Å². The van der Waals surface area contributed by atoms with Crippen molar-refractivity contribution in [2.24, 2.45) is 0 Å². The van der Waals surface area contributed by atoms with Crippen LogP contribution in [-0.4, -0.2) is 0 Å². The molecule has 0 amide bonds. The van der Waals surface area contributed by atoms with Gasteiger partial charge in [-0.2, -0.15) is 0 Å². The van der Waals surface area contributed by atoms with Gasteiger partial charge in [-0.15, -0.1) is 0 Å². The lowest BCUT2D eigenvalue weighted by atomic mass is 9.70. The van der Waals surface area contributed by atoms with Crippen LogP contribution in [0.25, 0.3) is 77.2 Å². The average Bonchev–Trinajstić information content (AvgIpc) is 1.51. The molecule has 15 rings (SSSR count). The van der Waals surface area contributed by atoms with E-state index in [4.69, 9.17) is 27.6 Å². The minimum Gasteiger partial charge on any atom is -0.455 e. The van der Waals surface area contributed by atoms with Crippen LogP contribution in [-0.2, 0) is 16.2 Å². The third-order valence-corrected chi connectivity index (χ3v) is 18.2. The predicted molar refractivity (Wildman–Crippen MR) is 362 cm³/mol. The second-order valence-electron chi connectivity index (χ2n) is 24.7. The summed E-state index contributed by atoms with van der Waals surface area (Å²) in [7, 11) is 0. The Labute approximate surface area is 509 Å². The highest BCUT2D eigenvalue weighted by molar-refractivity contribution is 6.32. The van der Waals surface area contributed by atoms with Crippen LogP contribution in [0.5, 0.6) is 0 Å². The normalized spacial score (nSPS) is 12.9. The van der Waals surface area contributed by atoms with Crippen LogP contribution < -0.4 is 9.80 Å². The van der Waals surface area contributed by atoms with Gasteiger partial charge in [0.15, 0.2) is 0 Å². The third-order valence-electron chi connectivity index (χ3n) is 17.7. The molecule has 0 N–H and O–H groups in total. The number of hydrogen-bond acceptors (Lipinski definition) is 3. The van der Waals surface area contributed by atoms with Gasteiger partial charge in [0.05, 0.1) is 22.2 Å². The monoisotopic (exact) mass is 1140 g/mol. The van der Waals surface area contributed by atoms with E-state index < -0.39 is 5.41 Å². The van der Waals surface area contributed by atoms with E-state index in [0.29, 0.717) is 10.0 Å². The van der Waals surface area contributed by atoms with Crippen molar-refractivity contribution in [3.63, 3.8) is 0 Å². The van der Waals surface area contributed by atoms with Gasteiger partial charge in [-0.1, -0.05) is 236 Å². The molecule has 1 spiro atoms. The van der Waals surface area contributed by atoms with Gasteiger partial charge in [0.2, 0.25) is 0 Å². The Morgan fingerprint density at radius 3 is 1.22 bits per heavy atom. The largest absolute Gasteiger partial charge is 0.455 e. The summed E-state index contributed by atoms with van der Waals surface area (Å²) in [5.41, 5.74) is 22.8. The topological polar surface area (TPSA) is 19.6 Å². The highest BCUT2D eigenvalue weighted by Gasteiger charge is 2.54. The van der Waals surface area contributed by atoms with E-state index in [0.717, 1.165) is 128 Å². The average molecular weight is 1140 g/mol. The second-order valence-corrected chi connectivity index (χ2v) is 25.6. The molecule has 0 fully saturated rings. The fraction of sp³-hybridized carbons (Fsp3) is 0.125. The summed E-state index contributed by atoms with van der Waals surface area (Å²) in [6.07, 6.45) is 0. The van der Waals surface area contributed by atoms with Gasteiger partial charge in [-0.05, 0) is 180 Å². The molecule has 1 aromatic heterocycles. The summed E-state index contributed by atoms with van der Waals surface area (Å²) in [5.74, 6) is 0. The molecular formula is C80H64Cl2N2O. The molecule has 414 valence electrons. The van der Waals surface area contributed by atoms with Crippen LogP contribution in [0.4, 0.5) is 34.1 Å². The molecule has 0 saturated heterocycles. The van der Waals surface area contributed by atoms with E-state index in [2.05, 4.69) is 294 Å². The molecule has 0 saturated carbocycles. The molecule has 2 aliphatic rings. The van der Waals surface area contributed by atoms with Gasteiger partial charge < -0.3 is 14.2 Å². The Hall–Kier alpha value is -9.12. The quantitative estimate of drug-likeness (QED) is 0.151. The van der Waals surface area contributed by atoms with Crippen LogP contribution in [0.2, 0.25) is 10.0 Å². The summed E-state index contributed by atoms with van der Waals surface area (Å²) in [5, 5.41) is 5.60. The number of fused-ring (bicyclic) bond motifs is 16. The van der Waals surface area contributed by atoms with Gasteiger partial charge in [0.1, 0.15) is 11.2 Å². The van der Waals surface area contributed by atoms with Crippen LogP contribution in [0.3, 0.4) is 0 Å². The summed E-state index contributed by atoms with van der Waals surface area (Å²) >= 11 is 14.8. The Balaban J connectivity index is 0.00000640. The molecule has 2 aliphatic carbocycles. The van der Waals surface area contributed by atoms with Gasteiger partial charge in [0, 0.05) is 49.1 Å². The van der Waals surface area contributed by atoms with Crippen molar-refractivity contribution >= 4 is 90.0 Å². The number of nitrogens with zero attached hydrogens (tertiary/aromatic N) is 2. The van der Waals surface area contributed by atoms with E-state index in [-0.39, 0.29) is 18.3 Å². The van der Waals surface area contributed by atoms with Crippen LogP contribution in [0.1, 0.15) is 82.3 Å². The smallest absolute Gasteiger partial charge is 0.145 e. The number of halogens is 2. The fourth-order valence-electron chi connectivity index (χ4n) is 13.6. The Bertz CT molecular complexity index is 4670. The number of anilines is 6. The molecule has 5 heteroatoms. The minimum absolute atomic E-state index is 0. The van der Waals surface area contributed by atoms with Crippen molar-refractivity contribution in [2.45, 2.75) is 65.2 Å². The summed E-state index contributed by atoms with van der Waals surface area (Å²) in [4.78, 5) is 4.90. The zero-order valence-corrected chi connectivity index (χ0v) is 49.3. The van der Waals surface area contributed by atoms with E-state index >= 15 is 0 Å². The molecule has 85 heavy (non-hydrogen) atoms. The molecule has 0 aliphatic heterocycles. The molecular weight excluding hydrogens is 1080 g/mol. The molecule has 3 nitrogen and oxygen atoms in total. The Morgan fingerprint density at radius 2 is 0.741 bits per heavy atom. The first-order chi connectivity index (χ1) is 40.7. The van der Waals surface area contributed by atoms with Crippen LogP contribution >= 0.6 is 23.2 Å². The van der Waals surface area contributed by atoms with Crippen molar-refractivity contribution in [2.75, 3.05) is 9.80 Å². The first-order valence-corrected chi connectivity index (χ1v) is 29.8. The first-order valence-electron chi connectivity index (χ1n) is 29.0. The number of benzene rings is 12. The first kappa shape index (κ1) is 53.9. The molecule has 13 aromatic rings. The Morgan fingerprint density at radius 1 is 0.353 bits per heavy atom. The van der Waals surface area contributed by atoms with Crippen molar-refractivity contribution in [3.8, 4) is 44.5 Å². The lowest BCUT2D eigenvalue weighted by molar-refractivity contribution is 0.590.